The molecule has 1 atom stereocenters. The predicted molar refractivity (Wildman–Crippen MR) is 84.2 cm³/mol. The topological polar surface area (TPSA) is 32.3 Å². The normalized spacial score (nSPS) is 18.7. The fourth-order valence-corrected chi connectivity index (χ4v) is 3.02. The fraction of sp³-hybridized carbons (Fsp3) is 0.278. The van der Waals surface area contributed by atoms with E-state index in [1.165, 1.54) is 6.07 Å². The van der Waals surface area contributed by atoms with Crippen molar-refractivity contribution in [3.8, 4) is 0 Å². The lowest BCUT2D eigenvalue weighted by molar-refractivity contribution is 0.199. The second-order valence-corrected chi connectivity index (χ2v) is 5.60. The zero-order valence-corrected chi connectivity index (χ0v) is 12.6. The molecule has 1 unspecified atom stereocenters. The highest BCUT2D eigenvalue weighted by atomic mass is 19.1. The second-order valence-electron chi connectivity index (χ2n) is 5.60. The maximum Gasteiger partial charge on any atom is 0.317 e. The third kappa shape index (κ3) is 2.82. The number of hydrogen-bond donors (Lipinski definition) is 1. The molecule has 0 bridgehead atoms. The highest BCUT2D eigenvalue weighted by molar-refractivity contribution is 5.75. The van der Waals surface area contributed by atoms with E-state index in [1.54, 1.807) is 24.1 Å². The fourth-order valence-electron chi connectivity index (χ4n) is 3.02. The number of rotatable bonds is 1. The lowest BCUT2D eigenvalue weighted by atomic mass is 9.91. The molecule has 1 heterocycles. The van der Waals surface area contributed by atoms with E-state index >= 15 is 0 Å². The van der Waals surface area contributed by atoms with E-state index in [0.29, 0.717) is 6.54 Å². The molecule has 1 aliphatic rings. The van der Waals surface area contributed by atoms with E-state index in [9.17, 15) is 9.18 Å². The predicted octanol–water partition coefficient (Wildman–Crippen LogP) is 3.50. The molecule has 0 saturated heterocycles. The molecular weight excluding hydrogens is 279 g/mol. The second kappa shape index (κ2) is 6.18. The molecule has 0 spiro atoms. The van der Waals surface area contributed by atoms with E-state index < -0.39 is 0 Å². The smallest absolute Gasteiger partial charge is 0.317 e. The highest BCUT2D eigenvalue weighted by Crippen LogP contribution is 2.31. The van der Waals surface area contributed by atoms with Crippen molar-refractivity contribution in [3.63, 3.8) is 0 Å². The van der Waals surface area contributed by atoms with Gasteiger partial charge in [-0.1, -0.05) is 36.4 Å². The Balaban J connectivity index is 2.15. The SMILES string of the molecule is CN1C(=O)NCCCc2cc(F)ccc2C1c1ccccc1. The molecule has 0 saturated carbocycles. The first kappa shape index (κ1) is 14.6. The molecule has 0 aromatic heterocycles. The third-order valence-corrected chi connectivity index (χ3v) is 4.12. The largest absolute Gasteiger partial charge is 0.338 e. The monoisotopic (exact) mass is 298 g/mol. The average molecular weight is 298 g/mol. The summed E-state index contributed by atoms with van der Waals surface area (Å²) in [5.41, 5.74) is 2.99. The molecule has 22 heavy (non-hydrogen) atoms. The number of fused-ring (bicyclic) bond motifs is 1. The Morgan fingerprint density at radius 3 is 2.73 bits per heavy atom. The Bertz CT molecular complexity index is 672. The summed E-state index contributed by atoms with van der Waals surface area (Å²) in [6, 6.07) is 14.4. The summed E-state index contributed by atoms with van der Waals surface area (Å²) >= 11 is 0. The Labute approximate surface area is 129 Å². The van der Waals surface area contributed by atoms with Crippen molar-refractivity contribution in [2.75, 3.05) is 13.6 Å². The molecular formula is C18H19FN2O. The minimum atomic E-state index is -0.230. The summed E-state index contributed by atoms with van der Waals surface area (Å²) in [6.45, 7) is 0.598. The molecule has 3 rings (SSSR count). The van der Waals surface area contributed by atoms with Gasteiger partial charge >= 0.3 is 6.03 Å². The zero-order valence-electron chi connectivity index (χ0n) is 12.6. The molecule has 2 aromatic rings. The zero-order chi connectivity index (χ0) is 15.5. The Morgan fingerprint density at radius 1 is 1.18 bits per heavy atom. The van der Waals surface area contributed by atoms with E-state index in [1.807, 2.05) is 30.3 Å². The van der Waals surface area contributed by atoms with Gasteiger partial charge in [-0.15, -0.1) is 0 Å². The maximum absolute atomic E-state index is 13.6. The molecule has 2 aromatic carbocycles. The van der Waals surface area contributed by atoms with E-state index in [4.69, 9.17) is 0 Å². The molecule has 0 radical (unpaired) electrons. The first-order valence-corrected chi connectivity index (χ1v) is 7.51. The van der Waals surface area contributed by atoms with Crippen LogP contribution in [0.25, 0.3) is 0 Å². The van der Waals surface area contributed by atoms with Crippen LogP contribution >= 0.6 is 0 Å². The lowest BCUT2D eigenvalue weighted by Crippen LogP contribution is -2.40. The number of carbonyl (C=O) groups excluding carboxylic acids is 1. The number of carbonyl (C=O) groups is 1. The summed E-state index contributed by atoms with van der Waals surface area (Å²) < 4.78 is 13.6. The van der Waals surface area contributed by atoms with Crippen LogP contribution in [0.5, 0.6) is 0 Å². The van der Waals surface area contributed by atoms with Crippen molar-refractivity contribution in [1.29, 1.82) is 0 Å². The van der Waals surface area contributed by atoms with Gasteiger partial charge in [-0.3, -0.25) is 0 Å². The summed E-state index contributed by atoms with van der Waals surface area (Å²) in [7, 11) is 1.78. The van der Waals surface area contributed by atoms with Gasteiger partial charge in [-0.25, -0.2) is 9.18 Å². The van der Waals surface area contributed by atoms with Crippen LogP contribution in [0.3, 0.4) is 0 Å². The third-order valence-electron chi connectivity index (χ3n) is 4.12. The van der Waals surface area contributed by atoms with Crippen molar-refractivity contribution < 1.29 is 9.18 Å². The average Bonchev–Trinajstić information content (AvgIpc) is 2.59. The number of urea groups is 1. The van der Waals surface area contributed by atoms with Crippen molar-refractivity contribution in [2.24, 2.45) is 0 Å². The first-order valence-electron chi connectivity index (χ1n) is 7.51. The van der Waals surface area contributed by atoms with Gasteiger partial charge in [0.1, 0.15) is 5.82 Å². The number of benzene rings is 2. The van der Waals surface area contributed by atoms with Crippen molar-refractivity contribution in [3.05, 3.63) is 71.0 Å². The van der Waals surface area contributed by atoms with Gasteiger partial charge in [0, 0.05) is 13.6 Å². The van der Waals surface area contributed by atoms with Crippen LogP contribution in [0.2, 0.25) is 0 Å². The van der Waals surface area contributed by atoms with Gasteiger partial charge in [0.05, 0.1) is 6.04 Å². The number of nitrogens with zero attached hydrogens (tertiary/aromatic N) is 1. The lowest BCUT2D eigenvalue weighted by Gasteiger charge is -2.30. The number of halogens is 1. The Hall–Kier alpha value is -2.36. The standard InChI is InChI=1S/C18H19FN2O/c1-21-17(13-6-3-2-4-7-13)16-10-9-15(19)12-14(16)8-5-11-20-18(21)22/h2-4,6-7,9-10,12,17H,5,8,11H2,1H3,(H,20,22). The Morgan fingerprint density at radius 2 is 1.95 bits per heavy atom. The summed E-state index contributed by atoms with van der Waals surface area (Å²) in [6.07, 6.45) is 1.56. The van der Waals surface area contributed by atoms with Crippen LogP contribution in [-0.4, -0.2) is 24.5 Å². The maximum atomic E-state index is 13.6. The molecule has 0 fully saturated rings. The summed E-state index contributed by atoms with van der Waals surface area (Å²) in [4.78, 5) is 14.0. The van der Waals surface area contributed by atoms with Gasteiger partial charge in [-0.2, -0.15) is 0 Å². The number of amides is 2. The van der Waals surface area contributed by atoms with Crippen LogP contribution in [0.15, 0.2) is 48.5 Å². The molecule has 3 nitrogen and oxygen atoms in total. The van der Waals surface area contributed by atoms with E-state index in [-0.39, 0.29) is 17.9 Å². The molecule has 0 aliphatic carbocycles. The summed E-state index contributed by atoms with van der Waals surface area (Å²) in [5, 5.41) is 2.92. The van der Waals surface area contributed by atoms with E-state index in [0.717, 1.165) is 29.5 Å². The molecule has 1 aliphatic heterocycles. The van der Waals surface area contributed by atoms with Gasteiger partial charge in [0.25, 0.3) is 0 Å². The van der Waals surface area contributed by atoms with Gasteiger partial charge < -0.3 is 10.2 Å². The minimum Gasteiger partial charge on any atom is -0.338 e. The quantitative estimate of drug-likeness (QED) is 0.858. The van der Waals surface area contributed by atoms with Crippen molar-refractivity contribution >= 4 is 6.03 Å². The molecule has 1 N–H and O–H groups in total. The van der Waals surface area contributed by atoms with E-state index in [2.05, 4.69) is 5.32 Å². The van der Waals surface area contributed by atoms with Gasteiger partial charge in [-0.05, 0) is 41.7 Å². The van der Waals surface area contributed by atoms with Gasteiger partial charge in [0.15, 0.2) is 0 Å². The van der Waals surface area contributed by atoms with Crippen molar-refractivity contribution in [2.45, 2.75) is 18.9 Å². The molecule has 2 amide bonds. The first-order chi connectivity index (χ1) is 10.7. The van der Waals surface area contributed by atoms with Crippen LogP contribution < -0.4 is 5.32 Å². The number of nitrogens with one attached hydrogen (secondary N) is 1. The van der Waals surface area contributed by atoms with Crippen LogP contribution in [0.1, 0.15) is 29.2 Å². The van der Waals surface area contributed by atoms with Crippen molar-refractivity contribution in [1.82, 2.24) is 10.2 Å². The number of aryl methyl sites for hydroxylation is 1. The molecule has 114 valence electrons. The van der Waals surface area contributed by atoms with Crippen LogP contribution in [-0.2, 0) is 6.42 Å². The highest BCUT2D eigenvalue weighted by Gasteiger charge is 2.26. The number of hydrogen-bond acceptors (Lipinski definition) is 1. The minimum absolute atomic E-state index is 0.106. The van der Waals surface area contributed by atoms with Crippen LogP contribution in [0, 0.1) is 5.82 Å². The summed E-state index contributed by atoms with van der Waals surface area (Å²) in [5.74, 6) is -0.230. The molecule has 4 heteroatoms. The Kier molecular flexibility index (Phi) is 4.09. The van der Waals surface area contributed by atoms with Gasteiger partial charge in [0.2, 0.25) is 0 Å². The van der Waals surface area contributed by atoms with Crippen LogP contribution in [0.4, 0.5) is 9.18 Å².